The molecule has 0 aliphatic carbocycles. The SMILES string of the molecule is COc1c(F)cccc1[C@@H](N)CF. The molecule has 0 bridgehead atoms. The molecule has 0 aliphatic heterocycles. The summed E-state index contributed by atoms with van der Waals surface area (Å²) in [7, 11) is 1.33. The van der Waals surface area contributed by atoms with E-state index < -0.39 is 18.5 Å². The van der Waals surface area contributed by atoms with Crippen LogP contribution in [-0.2, 0) is 0 Å². The third-order valence-electron chi connectivity index (χ3n) is 1.77. The van der Waals surface area contributed by atoms with Crippen LogP contribution in [0.4, 0.5) is 8.78 Å². The lowest BCUT2D eigenvalue weighted by molar-refractivity contribution is 0.367. The Hall–Kier alpha value is -1.16. The molecule has 1 aromatic carbocycles. The predicted molar refractivity (Wildman–Crippen MR) is 45.9 cm³/mol. The van der Waals surface area contributed by atoms with E-state index in [2.05, 4.69) is 0 Å². The molecule has 0 radical (unpaired) electrons. The first-order valence-electron chi connectivity index (χ1n) is 3.84. The average molecular weight is 187 g/mol. The fourth-order valence-electron chi connectivity index (χ4n) is 1.12. The molecule has 0 fully saturated rings. The number of ether oxygens (including phenoxy) is 1. The number of hydrogen-bond donors (Lipinski definition) is 1. The molecule has 0 saturated heterocycles. The Kier molecular flexibility index (Phi) is 3.19. The molecule has 1 rings (SSSR count). The fraction of sp³-hybridized carbons (Fsp3) is 0.333. The van der Waals surface area contributed by atoms with Gasteiger partial charge in [-0.15, -0.1) is 0 Å². The number of methoxy groups -OCH3 is 1. The van der Waals surface area contributed by atoms with Crippen LogP contribution in [0.15, 0.2) is 18.2 Å². The highest BCUT2D eigenvalue weighted by Crippen LogP contribution is 2.26. The Labute approximate surface area is 75.3 Å². The van der Waals surface area contributed by atoms with Gasteiger partial charge >= 0.3 is 0 Å². The largest absolute Gasteiger partial charge is 0.493 e. The van der Waals surface area contributed by atoms with Crippen molar-refractivity contribution in [3.05, 3.63) is 29.6 Å². The lowest BCUT2D eigenvalue weighted by Crippen LogP contribution is -2.13. The summed E-state index contributed by atoms with van der Waals surface area (Å²) >= 11 is 0. The summed E-state index contributed by atoms with van der Waals surface area (Å²) in [6, 6.07) is 3.44. The smallest absolute Gasteiger partial charge is 0.165 e. The Morgan fingerprint density at radius 3 is 2.77 bits per heavy atom. The topological polar surface area (TPSA) is 35.2 Å². The number of para-hydroxylation sites is 1. The first-order valence-corrected chi connectivity index (χ1v) is 3.84. The van der Waals surface area contributed by atoms with Gasteiger partial charge in [0.2, 0.25) is 0 Å². The van der Waals surface area contributed by atoms with Crippen LogP contribution in [0, 0.1) is 5.82 Å². The van der Waals surface area contributed by atoms with Crippen molar-refractivity contribution >= 4 is 0 Å². The normalized spacial score (nSPS) is 12.6. The monoisotopic (exact) mass is 187 g/mol. The summed E-state index contributed by atoms with van der Waals surface area (Å²) < 4.78 is 30.0. The van der Waals surface area contributed by atoms with Crippen LogP contribution in [0.25, 0.3) is 0 Å². The Morgan fingerprint density at radius 2 is 2.23 bits per heavy atom. The van der Waals surface area contributed by atoms with Gasteiger partial charge in [-0.1, -0.05) is 12.1 Å². The molecule has 0 aromatic heterocycles. The lowest BCUT2D eigenvalue weighted by atomic mass is 10.1. The van der Waals surface area contributed by atoms with Crippen molar-refractivity contribution in [1.82, 2.24) is 0 Å². The number of rotatable bonds is 3. The first kappa shape index (κ1) is 9.92. The maximum atomic E-state index is 13.0. The molecule has 13 heavy (non-hydrogen) atoms. The molecule has 2 nitrogen and oxygen atoms in total. The van der Waals surface area contributed by atoms with E-state index in [9.17, 15) is 8.78 Å². The maximum Gasteiger partial charge on any atom is 0.165 e. The molecule has 2 N–H and O–H groups in total. The number of hydrogen-bond acceptors (Lipinski definition) is 2. The van der Waals surface area contributed by atoms with Gasteiger partial charge in [0.15, 0.2) is 11.6 Å². The van der Waals surface area contributed by atoms with Gasteiger partial charge in [0.25, 0.3) is 0 Å². The third-order valence-corrected chi connectivity index (χ3v) is 1.77. The second-order valence-electron chi connectivity index (χ2n) is 2.62. The van der Waals surface area contributed by atoms with E-state index >= 15 is 0 Å². The van der Waals surface area contributed by atoms with Crippen LogP contribution in [0.5, 0.6) is 5.75 Å². The molecule has 0 saturated carbocycles. The van der Waals surface area contributed by atoms with E-state index in [-0.39, 0.29) is 5.75 Å². The molecule has 0 heterocycles. The second-order valence-corrected chi connectivity index (χ2v) is 2.62. The second kappa shape index (κ2) is 4.18. The van der Waals surface area contributed by atoms with Gasteiger partial charge < -0.3 is 10.5 Å². The van der Waals surface area contributed by atoms with Crippen LogP contribution < -0.4 is 10.5 Å². The van der Waals surface area contributed by atoms with Gasteiger partial charge in [0.05, 0.1) is 13.2 Å². The first-order chi connectivity index (χ1) is 6.20. The predicted octanol–water partition coefficient (Wildman–Crippen LogP) is 1.80. The highest BCUT2D eigenvalue weighted by Gasteiger charge is 2.14. The minimum atomic E-state index is -0.828. The summed E-state index contributed by atoms with van der Waals surface area (Å²) in [6.07, 6.45) is 0. The highest BCUT2D eigenvalue weighted by molar-refractivity contribution is 5.37. The summed E-state index contributed by atoms with van der Waals surface area (Å²) in [5, 5.41) is 0. The minimum Gasteiger partial charge on any atom is -0.493 e. The van der Waals surface area contributed by atoms with Crippen LogP contribution >= 0.6 is 0 Å². The summed E-state index contributed by atoms with van der Waals surface area (Å²) in [5.74, 6) is -0.503. The minimum absolute atomic E-state index is 0.0210. The van der Waals surface area contributed by atoms with Crippen molar-refractivity contribution in [2.24, 2.45) is 5.73 Å². The highest BCUT2D eigenvalue weighted by atomic mass is 19.1. The summed E-state index contributed by atoms with van der Waals surface area (Å²) in [4.78, 5) is 0. The quantitative estimate of drug-likeness (QED) is 0.783. The zero-order valence-corrected chi connectivity index (χ0v) is 7.26. The van der Waals surface area contributed by atoms with Crippen molar-refractivity contribution in [1.29, 1.82) is 0 Å². The van der Waals surface area contributed by atoms with Crippen molar-refractivity contribution in [3.63, 3.8) is 0 Å². The van der Waals surface area contributed by atoms with Gasteiger partial charge in [-0.2, -0.15) is 0 Å². The van der Waals surface area contributed by atoms with Crippen molar-refractivity contribution in [3.8, 4) is 5.75 Å². The van der Waals surface area contributed by atoms with Gasteiger partial charge in [-0.3, -0.25) is 0 Å². The summed E-state index contributed by atoms with van der Waals surface area (Å²) in [6.45, 7) is -0.736. The number of benzene rings is 1. The van der Waals surface area contributed by atoms with Crippen molar-refractivity contribution < 1.29 is 13.5 Å². The van der Waals surface area contributed by atoms with Gasteiger partial charge in [0.1, 0.15) is 6.67 Å². The van der Waals surface area contributed by atoms with Crippen molar-refractivity contribution in [2.75, 3.05) is 13.8 Å². The van der Waals surface area contributed by atoms with E-state index in [1.807, 2.05) is 0 Å². The zero-order valence-electron chi connectivity index (χ0n) is 7.26. The molecular weight excluding hydrogens is 176 g/mol. The fourth-order valence-corrected chi connectivity index (χ4v) is 1.12. The maximum absolute atomic E-state index is 13.0. The number of alkyl halides is 1. The number of nitrogens with two attached hydrogens (primary N) is 1. The van der Waals surface area contributed by atoms with Crippen LogP contribution in [0.2, 0.25) is 0 Å². The zero-order chi connectivity index (χ0) is 9.84. The van der Waals surface area contributed by atoms with Gasteiger partial charge in [-0.25, -0.2) is 8.78 Å². The standard InChI is InChI=1S/C9H11F2NO/c1-13-9-6(8(12)5-10)3-2-4-7(9)11/h2-4,8H,5,12H2,1H3/t8-/m0/s1. The average Bonchev–Trinajstić information content (AvgIpc) is 2.16. The van der Waals surface area contributed by atoms with Gasteiger partial charge in [-0.05, 0) is 6.07 Å². The van der Waals surface area contributed by atoms with Crippen molar-refractivity contribution in [2.45, 2.75) is 6.04 Å². The molecule has 0 unspecified atom stereocenters. The molecule has 72 valence electrons. The Morgan fingerprint density at radius 1 is 1.54 bits per heavy atom. The van der Waals surface area contributed by atoms with Crippen LogP contribution in [0.1, 0.15) is 11.6 Å². The van der Waals surface area contributed by atoms with E-state index in [1.54, 1.807) is 6.07 Å². The van der Waals surface area contributed by atoms with E-state index in [1.165, 1.54) is 19.2 Å². The number of halogens is 2. The Bertz CT molecular complexity index is 291. The molecule has 1 aromatic rings. The molecular formula is C9H11F2NO. The third kappa shape index (κ3) is 1.95. The van der Waals surface area contributed by atoms with E-state index in [4.69, 9.17) is 10.5 Å². The van der Waals surface area contributed by atoms with Crippen LogP contribution in [0.3, 0.4) is 0 Å². The summed E-state index contributed by atoms with van der Waals surface area (Å²) in [5.41, 5.74) is 5.77. The molecule has 0 aliphatic rings. The molecule has 1 atom stereocenters. The molecule has 4 heteroatoms. The molecule has 0 spiro atoms. The van der Waals surface area contributed by atoms with E-state index in [0.29, 0.717) is 5.56 Å². The molecule has 0 amide bonds. The van der Waals surface area contributed by atoms with E-state index in [0.717, 1.165) is 0 Å². The van der Waals surface area contributed by atoms with Crippen LogP contribution in [-0.4, -0.2) is 13.8 Å². The lowest BCUT2D eigenvalue weighted by Gasteiger charge is -2.12. The Balaban J connectivity index is 3.12. The van der Waals surface area contributed by atoms with Gasteiger partial charge in [0, 0.05) is 5.56 Å².